The van der Waals surface area contributed by atoms with Crippen molar-refractivity contribution in [3.8, 4) is 17.0 Å². The molecular weight excluding hydrogens is 362 g/mol. The Bertz CT molecular complexity index is 970. The van der Waals surface area contributed by atoms with Crippen molar-refractivity contribution in [2.75, 3.05) is 18.8 Å². The zero-order chi connectivity index (χ0) is 18.6. The SMILES string of the molecule is CCS(=O)(=O)N1CCC2(CC1)Oc1ccccc1-c1ncn(CC3CC3)c12. The maximum Gasteiger partial charge on any atom is 0.213 e. The molecule has 7 heteroatoms. The number of benzene rings is 1. The van der Waals surface area contributed by atoms with Crippen LogP contribution < -0.4 is 4.74 Å². The minimum Gasteiger partial charge on any atom is -0.480 e. The number of hydrogen-bond acceptors (Lipinski definition) is 4. The molecule has 1 spiro atoms. The molecule has 2 fully saturated rings. The maximum absolute atomic E-state index is 12.3. The van der Waals surface area contributed by atoms with Gasteiger partial charge in [0.1, 0.15) is 5.75 Å². The lowest BCUT2D eigenvalue weighted by atomic mass is 9.83. The third-order valence-electron chi connectivity index (χ3n) is 6.16. The van der Waals surface area contributed by atoms with Crippen LogP contribution in [0.1, 0.15) is 38.3 Å². The van der Waals surface area contributed by atoms with Crippen LogP contribution in [0.25, 0.3) is 11.3 Å². The average Bonchev–Trinajstić information content (AvgIpc) is 3.39. The van der Waals surface area contributed by atoms with Crippen molar-refractivity contribution in [3.05, 3.63) is 36.3 Å². The van der Waals surface area contributed by atoms with E-state index in [0.29, 0.717) is 25.9 Å². The zero-order valence-corrected chi connectivity index (χ0v) is 16.4. The Balaban J connectivity index is 1.55. The van der Waals surface area contributed by atoms with Crippen LogP contribution >= 0.6 is 0 Å². The van der Waals surface area contributed by atoms with E-state index < -0.39 is 15.6 Å². The summed E-state index contributed by atoms with van der Waals surface area (Å²) < 4.78 is 35.1. The monoisotopic (exact) mass is 387 g/mol. The third kappa shape index (κ3) is 2.79. The van der Waals surface area contributed by atoms with Gasteiger partial charge in [0.2, 0.25) is 10.0 Å². The predicted octanol–water partition coefficient (Wildman–Crippen LogP) is 2.99. The van der Waals surface area contributed by atoms with Crippen molar-refractivity contribution < 1.29 is 13.2 Å². The summed E-state index contributed by atoms with van der Waals surface area (Å²) in [5.41, 5.74) is 2.69. The van der Waals surface area contributed by atoms with Gasteiger partial charge >= 0.3 is 0 Å². The highest BCUT2D eigenvalue weighted by molar-refractivity contribution is 7.89. The van der Waals surface area contributed by atoms with Gasteiger partial charge in [-0.15, -0.1) is 0 Å². The summed E-state index contributed by atoms with van der Waals surface area (Å²) in [7, 11) is -3.16. The molecule has 0 amide bonds. The van der Waals surface area contributed by atoms with Gasteiger partial charge in [-0.05, 0) is 37.8 Å². The summed E-state index contributed by atoms with van der Waals surface area (Å²) in [4.78, 5) is 4.76. The smallest absolute Gasteiger partial charge is 0.213 e. The molecule has 1 saturated carbocycles. The molecule has 1 aliphatic carbocycles. The Labute approximate surface area is 160 Å². The van der Waals surface area contributed by atoms with Gasteiger partial charge in [-0.3, -0.25) is 0 Å². The highest BCUT2D eigenvalue weighted by Gasteiger charge is 2.48. The molecule has 0 radical (unpaired) electrons. The van der Waals surface area contributed by atoms with Gasteiger partial charge in [-0.1, -0.05) is 12.1 Å². The normalized spacial score (nSPS) is 21.5. The van der Waals surface area contributed by atoms with Gasteiger partial charge in [-0.2, -0.15) is 0 Å². The molecule has 1 saturated heterocycles. The van der Waals surface area contributed by atoms with E-state index in [2.05, 4.69) is 10.6 Å². The molecule has 0 unspecified atom stereocenters. The fraction of sp³-hybridized carbons (Fsp3) is 0.550. The lowest BCUT2D eigenvalue weighted by Gasteiger charge is -2.44. The van der Waals surface area contributed by atoms with Crippen molar-refractivity contribution in [1.82, 2.24) is 13.9 Å². The van der Waals surface area contributed by atoms with E-state index in [4.69, 9.17) is 9.72 Å². The first-order chi connectivity index (χ1) is 13.0. The van der Waals surface area contributed by atoms with Crippen molar-refractivity contribution in [1.29, 1.82) is 0 Å². The third-order valence-corrected chi connectivity index (χ3v) is 8.04. The first kappa shape index (κ1) is 17.3. The summed E-state index contributed by atoms with van der Waals surface area (Å²) in [5.74, 6) is 1.74. The van der Waals surface area contributed by atoms with E-state index in [-0.39, 0.29) is 5.75 Å². The number of sulfonamides is 1. The number of fused-ring (bicyclic) bond motifs is 4. The largest absolute Gasteiger partial charge is 0.480 e. The molecule has 27 heavy (non-hydrogen) atoms. The summed E-state index contributed by atoms with van der Waals surface area (Å²) in [6.07, 6.45) is 5.82. The first-order valence-corrected chi connectivity index (χ1v) is 11.5. The van der Waals surface area contributed by atoms with Crippen molar-refractivity contribution in [3.63, 3.8) is 0 Å². The van der Waals surface area contributed by atoms with Gasteiger partial charge in [0.15, 0.2) is 5.60 Å². The number of piperidine rings is 1. The van der Waals surface area contributed by atoms with Crippen molar-refractivity contribution >= 4 is 10.0 Å². The maximum atomic E-state index is 12.3. The van der Waals surface area contributed by atoms with Gasteiger partial charge in [0.05, 0.1) is 23.5 Å². The number of imidazole rings is 1. The molecule has 1 aromatic heterocycles. The lowest BCUT2D eigenvalue weighted by molar-refractivity contribution is 0.00641. The molecule has 0 N–H and O–H groups in total. The molecule has 3 heterocycles. The zero-order valence-electron chi connectivity index (χ0n) is 15.6. The Morgan fingerprint density at radius 3 is 2.67 bits per heavy atom. The topological polar surface area (TPSA) is 64.4 Å². The molecule has 6 nitrogen and oxygen atoms in total. The van der Waals surface area contributed by atoms with E-state index in [1.807, 2.05) is 24.5 Å². The summed E-state index contributed by atoms with van der Waals surface area (Å²) in [6.45, 7) is 3.67. The van der Waals surface area contributed by atoms with Crippen LogP contribution in [0.2, 0.25) is 0 Å². The highest BCUT2D eigenvalue weighted by atomic mass is 32.2. The number of ether oxygens (including phenoxy) is 1. The molecule has 2 aliphatic heterocycles. The summed E-state index contributed by atoms with van der Waals surface area (Å²) >= 11 is 0. The number of hydrogen-bond donors (Lipinski definition) is 0. The van der Waals surface area contributed by atoms with E-state index in [9.17, 15) is 8.42 Å². The Morgan fingerprint density at radius 1 is 1.22 bits per heavy atom. The van der Waals surface area contributed by atoms with Crippen LogP contribution in [0.4, 0.5) is 0 Å². The fourth-order valence-corrected chi connectivity index (χ4v) is 5.54. The summed E-state index contributed by atoms with van der Waals surface area (Å²) in [5, 5.41) is 0. The van der Waals surface area contributed by atoms with E-state index in [1.54, 1.807) is 11.2 Å². The van der Waals surface area contributed by atoms with Gasteiger partial charge < -0.3 is 9.30 Å². The van der Waals surface area contributed by atoms with Gasteiger partial charge in [0.25, 0.3) is 0 Å². The van der Waals surface area contributed by atoms with Crippen LogP contribution in [0.15, 0.2) is 30.6 Å². The second-order valence-electron chi connectivity index (χ2n) is 7.93. The average molecular weight is 388 g/mol. The predicted molar refractivity (Wildman–Crippen MR) is 103 cm³/mol. The highest BCUT2D eigenvalue weighted by Crippen LogP contribution is 2.49. The summed E-state index contributed by atoms with van der Waals surface area (Å²) in [6, 6.07) is 8.05. The Hall–Kier alpha value is -1.86. The molecule has 3 aliphatic rings. The van der Waals surface area contributed by atoms with Crippen molar-refractivity contribution in [2.45, 2.75) is 44.8 Å². The minimum absolute atomic E-state index is 0.147. The van der Waals surface area contributed by atoms with E-state index in [1.165, 1.54) is 12.8 Å². The molecule has 5 rings (SSSR count). The van der Waals surface area contributed by atoms with E-state index in [0.717, 1.165) is 35.2 Å². The molecule has 0 atom stereocenters. The second kappa shape index (κ2) is 6.07. The molecule has 144 valence electrons. The number of rotatable bonds is 4. The number of nitrogens with zero attached hydrogens (tertiary/aromatic N) is 3. The van der Waals surface area contributed by atoms with Crippen molar-refractivity contribution in [2.24, 2.45) is 5.92 Å². The molecule has 0 bridgehead atoms. The second-order valence-corrected chi connectivity index (χ2v) is 10.2. The van der Waals surface area contributed by atoms with Crippen LogP contribution in [0.3, 0.4) is 0 Å². The first-order valence-electron chi connectivity index (χ1n) is 9.84. The van der Waals surface area contributed by atoms with Crippen LogP contribution in [-0.4, -0.2) is 41.1 Å². The quantitative estimate of drug-likeness (QED) is 0.809. The fourth-order valence-electron chi connectivity index (χ4n) is 4.43. The van der Waals surface area contributed by atoms with Gasteiger partial charge in [-0.25, -0.2) is 17.7 Å². The van der Waals surface area contributed by atoms with Gasteiger partial charge in [0, 0.05) is 38.0 Å². The lowest BCUT2D eigenvalue weighted by Crippen LogP contribution is -2.50. The Morgan fingerprint density at radius 2 is 1.96 bits per heavy atom. The van der Waals surface area contributed by atoms with E-state index >= 15 is 0 Å². The Kier molecular flexibility index (Phi) is 3.88. The van der Waals surface area contributed by atoms with Crippen LogP contribution in [-0.2, 0) is 22.2 Å². The standard InChI is InChI=1S/C20H25N3O3S/c1-2-27(24,25)23-11-9-20(10-12-23)19-18(16-5-3-4-6-17(16)26-20)21-14-22(19)13-15-7-8-15/h3-6,14-15H,2,7-13H2,1H3. The molecule has 1 aromatic carbocycles. The minimum atomic E-state index is -3.16. The van der Waals surface area contributed by atoms with Crippen LogP contribution in [0, 0.1) is 5.92 Å². The number of para-hydroxylation sites is 1. The molecular formula is C20H25N3O3S. The molecule has 2 aromatic rings. The number of aromatic nitrogens is 2. The van der Waals surface area contributed by atoms with Crippen LogP contribution in [0.5, 0.6) is 5.75 Å².